The van der Waals surface area contributed by atoms with Crippen molar-refractivity contribution in [2.24, 2.45) is 0 Å². The number of nitrogens with one attached hydrogen (secondary N) is 2. The van der Waals surface area contributed by atoms with Gasteiger partial charge < -0.3 is 9.73 Å². The first-order valence-electron chi connectivity index (χ1n) is 5.53. The van der Waals surface area contributed by atoms with E-state index in [2.05, 4.69) is 26.0 Å². The molecule has 2 rings (SSSR count). The van der Waals surface area contributed by atoms with Gasteiger partial charge in [-0.25, -0.2) is 13.1 Å². The molecule has 0 saturated heterocycles. The van der Waals surface area contributed by atoms with Gasteiger partial charge >= 0.3 is 0 Å². The number of halogens is 1. The molecular weight excluding hydrogens is 332 g/mol. The molecule has 1 aromatic carbocycles. The van der Waals surface area contributed by atoms with Crippen LogP contribution in [0.5, 0.6) is 0 Å². The monoisotopic (exact) mass is 344 g/mol. The Morgan fingerprint density at radius 1 is 1.26 bits per heavy atom. The average Bonchev–Trinajstić information content (AvgIpc) is 2.82. The number of anilines is 1. The normalized spacial score (nSPS) is 11.5. The Bertz CT molecular complexity index is 667. The minimum absolute atomic E-state index is 0.208. The summed E-state index contributed by atoms with van der Waals surface area (Å²) >= 11 is 3.35. The topological polar surface area (TPSA) is 71.3 Å². The number of furan rings is 1. The molecule has 0 amide bonds. The molecule has 0 aliphatic carbocycles. The van der Waals surface area contributed by atoms with Crippen LogP contribution in [-0.4, -0.2) is 15.5 Å². The van der Waals surface area contributed by atoms with Gasteiger partial charge in [0.1, 0.15) is 10.7 Å². The minimum Gasteiger partial charge on any atom is -0.466 e. The maximum absolute atomic E-state index is 11.9. The molecule has 0 saturated carbocycles. The first-order valence-corrected chi connectivity index (χ1v) is 7.80. The summed E-state index contributed by atoms with van der Waals surface area (Å²) in [6.07, 6.45) is 1.57. The summed E-state index contributed by atoms with van der Waals surface area (Å²) in [5.41, 5.74) is 0.528. The van der Waals surface area contributed by atoms with Crippen LogP contribution in [0.4, 0.5) is 5.69 Å². The zero-order valence-electron chi connectivity index (χ0n) is 10.2. The first-order chi connectivity index (χ1) is 9.04. The molecule has 102 valence electrons. The number of hydrogen-bond donors (Lipinski definition) is 2. The molecule has 0 unspecified atom stereocenters. The third kappa shape index (κ3) is 3.17. The molecule has 0 spiro atoms. The molecule has 19 heavy (non-hydrogen) atoms. The standard InChI is InChI=1S/C12H13BrN2O3S/c1-14-19(16,17)12-5-3-2-4-10(12)15-8-11-9(13)6-7-18-11/h2-7,14-15H,8H2,1H3. The predicted octanol–water partition coefficient (Wildman–Crippen LogP) is 2.56. The second-order valence-electron chi connectivity index (χ2n) is 3.75. The van der Waals surface area contributed by atoms with Crippen molar-refractivity contribution >= 4 is 31.6 Å². The van der Waals surface area contributed by atoms with Crippen molar-refractivity contribution in [1.29, 1.82) is 0 Å². The molecule has 1 aromatic heterocycles. The Labute approximate surface area is 120 Å². The zero-order valence-corrected chi connectivity index (χ0v) is 12.6. The van der Waals surface area contributed by atoms with E-state index in [9.17, 15) is 8.42 Å². The molecule has 0 aliphatic rings. The van der Waals surface area contributed by atoms with Crippen LogP contribution in [0, 0.1) is 0 Å². The van der Waals surface area contributed by atoms with Crippen LogP contribution < -0.4 is 10.0 Å². The molecule has 0 bridgehead atoms. The van der Waals surface area contributed by atoms with Gasteiger partial charge in [-0.2, -0.15) is 0 Å². The van der Waals surface area contributed by atoms with E-state index in [1.54, 1.807) is 36.6 Å². The Balaban J connectivity index is 2.24. The second kappa shape index (κ2) is 5.77. The lowest BCUT2D eigenvalue weighted by molar-refractivity contribution is 0.515. The van der Waals surface area contributed by atoms with Gasteiger partial charge in [-0.15, -0.1) is 0 Å². The van der Waals surface area contributed by atoms with Crippen LogP contribution in [0.3, 0.4) is 0 Å². The maximum atomic E-state index is 11.9. The van der Waals surface area contributed by atoms with E-state index in [0.29, 0.717) is 18.0 Å². The van der Waals surface area contributed by atoms with Crippen molar-refractivity contribution in [3.8, 4) is 0 Å². The van der Waals surface area contributed by atoms with Gasteiger partial charge in [0, 0.05) is 0 Å². The number of sulfonamides is 1. The van der Waals surface area contributed by atoms with E-state index < -0.39 is 10.0 Å². The van der Waals surface area contributed by atoms with Crippen LogP contribution in [0.1, 0.15) is 5.76 Å². The summed E-state index contributed by atoms with van der Waals surface area (Å²) in [4.78, 5) is 0.208. The van der Waals surface area contributed by atoms with Gasteiger partial charge in [0.05, 0.1) is 23.0 Å². The van der Waals surface area contributed by atoms with E-state index in [4.69, 9.17) is 4.42 Å². The summed E-state index contributed by atoms with van der Waals surface area (Å²) < 4.78 is 32.1. The average molecular weight is 345 g/mol. The molecular formula is C12H13BrN2O3S. The quantitative estimate of drug-likeness (QED) is 0.874. The minimum atomic E-state index is -3.48. The number of hydrogen-bond acceptors (Lipinski definition) is 4. The van der Waals surface area contributed by atoms with Crippen LogP contribution in [0.2, 0.25) is 0 Å². The summed E-state index contributed by atoms with van der Waals surface area (Å²) in [5.74, 6) is 0.705. The Kier molecular flexibility index (Phi) is 4.28. The van der Waals surface area contributed by atoms with Gasteiger partial charge in [-0.3, -0.25) is 0 Å². The van der Waals surface area contributed by atoms with Gasteiger partial charge in [0.15, 0.2) is 0 Å². The molecule has 7 heteroatoms. The highest BCUT2D eigenvalue weighted by molar-refractivity contribution is 9.10. The van der Waals surface area contributed by atoms with Crippen LogP contribution in [0.15, 0.2) is 50.4 Å². The molecule has 2 N–H and O–H groups in total. The lowest BCUT2D eigenvalue weighted by atomic mass is 10.3. The highest BCUT2D eigenvalue weighted by Gasteiger charge is 2.16. The molecule has 0 fully saturated rings. The van der Waals surface area contributed by atoms with Crippen LogP contribution in [0.25, 0.3) is 0 Å². The Morgan fingerprint density at radius 3 is 2.63 bits per heavy atom. The van der Waals surface area contributed by atoms with Gasteiger partial charge in [-0.1, -0.05) is 12.1 Å². The van der Waals surface area contributed by atoms with E-state index >= 15 is 0 Å². The van der Waals surface area contributed by atoms with E-state index in [1.807, 2.05) is 0 Å². The highest BCUT2D eigenvalue weighted by atomic mass is 79.9. The third-order valence-electron chi connectivity index (χ3n) is 2.58. The molecule has 2 aromatic rings. The molecule has 5 nitrogen and oxygen atoms in total. The van der Waals surface area contributed by atoms with Crippen molar-refractivity contribution < 1.29 is 12.8 Å². The lowest BCUT2D eigenvalue weighted by Crippen LogP contribution is -2.20. The second-order valence-corrected chi connectivity index (χ2v) is 6.46. The third-order valence-corrected chi connectivity index (χ3v) is 4.75. The van der Waals surface area contributed by atoms with Crippen LogP contribution in [-0.2, 0) is 16.6 Å². The number of rotatable bonds is 5. The van der Waals surface area contributed by atoms with Crippen molar-refractivity contribution in [3.05, 3.63) is 46.8 Å². The molecule has 0 atom stereocenters. The van der Waals surface area contributed by atoms with Crippen molar-refractivity contribution in [2.75, 3.05) is 12.4 Å². The molecule has 0 radical (unpaired) electrons. The lowest BCUT2D eigenvalue weighted by Gasteiger charge is -2.11. The fraction of sp³-hybridized carbons (Fsp3) is 0.167. The summed E-state index contributed by atoms with van der Waals surface area (Å²) in [6, 6.07) is 8.49. The van der Waals surface area contributed by atoms with Gasteiger partial charge in [-0.05, 0) is 41.2 Å². The Hall–Kier alpha value is -1.31. The van der Waals surface area contributed by atoms with Crippen molar-refractivity contribution in [3.63, 3.8) is 0 Å². The number of para-hydroxylation sites is 1. The molecule has 1 heterocycles. The fourth-order valence-electron chi connectivity index (χ4n) is 1.58. The number of benzene rings is 1. The van der Waals surface area contributed by atoms with E-state index in [0.717, 1.165) is 4.47 Å². The van der Waals surface area contributed by atoms with Crippen molar-refractivity contribution in [1.82, 2.24) is 4.72 Å². The Morgan fingerprint density at radius 2 is 2.00 bits per heavy atom. The van der Waals surface area contributed by atoms with E-state index in [-0.39, 0.29) is 4.90 Å². The fourth-order valence-corrected chi connectivity index (χ4v) is 2.83. The van der Waals surface area contributed by atoms with Gasteiger partial charge in [0.2, 0.25) is 10.0 Å². The maximum Gasteiger partial charge on any atom is 0.242 e. The zero-order chi connectivity index (χ0) is 13.9. The smallest absolute Gasteiger partial charge is 0.242 e. The van der Waals surface area contributed by atoms with Crippen molar-refractivity contribution in [2.45, 2.75) is 11.4 Å². The highest BCUT2D eigenvalue weighted by Crippen LogP contribution is 2.23. The largest absolute Gasteiger partial charge is 0.466 e. The predicted molar refractivity (Wildman–Crippen MR) is 76.4 cm³/mol. The molecule has 0 aliphatic heterocycles. The summed E-state index contributed by atoms with van der Waals surface area (Å²) in [7, 11) is -2.10. The summed E-state index contributed by atoms with van der Waals surface area (Å²) in [5, 5.41) is 3.05. The first kappa shape index (κ1) is 14.1. The SMILES string of the molecule is CNS(=O)(=O)c1ccccc1NCc1occc1Br. The van der Waals surface area contributed by atoms with Gasteiger partial charge in [0.25, 0.3) is 0 Å². The van der Waals surface area contributed by atoms with Crippen LogP contribution >= 0.6 is 15.9 Å². The summed E-state index contributed by atoms with van der Waals surface area (Å²) in [6.45, 7) is 0.393. The van der Waals surface area contributed by atoms with E-state index in [1.165, 1.54) is 7.05 Å².